The summed E-state index contributed by atoms with van der Waals surface area (Å²) in [5.74, 6) is 0. The number of hydrogen-bond acceptors (Lipinski definition) is 4. The standard InChI is InChI=1S/C12H19Cl3N4O3S/c13-12(14,15)9(16-10(20)18-1-5-21-6-2-18)17-11(23)19-3-7-22-8-4-19/h9H,1-8H2,(H,16,20)(H,17,23)/t9-/m0/s1. The summed E-state index contributed by atoms with van der Waals surface area (Å²) in [6.45, 7) is 4.43. The molecular weight excluding hydrogens is 387 g/mol. The molecule has 0 aromatic carbocycles. The van der Waals surface area contributed by atoms with E-state index in [1.165, 1.54) is 0 Å². The summed E-state index contributed by atoms with van der Waals surface area (Å²) in [6, 6.07) is -0.332. The van der Waals surface area contributed by atoms with Crippen molar-refractivity contribution in [2.75, 3.05) is 52.6 Å². The van der Waals surface area contributed by atoms with Gasteiger partial charge in [-0.05, 0) is 12.2 Å². The van der Waals surface area contributed by atoms with Gasteiger partial charge in [0.1, 0.15) is 0 Å². The van der Waals surface area contributed by atoms with Gasteiger partial charge < -0.3 is 29.9 Å². The van der Waals surface area contributed by atoms with Gasteiger partial charge in [0.05, 0.1) is 26.4 Å². The molecule has 2 rings (SSSR count). The number of rotatable bonds is 2. The van der Waals surface area contributed by atoms with Crippen molar-refractivity contribution >= 4 is 58.2 Å². The minimum atomic E-state index is -1.75. The number of carbonyl (C=O) groups excluding carboxylic acids is 1. The largest absolute Gasteiger partial charge is 0.378 e. The highest BCUT2D eigenvalue weighted by molar-refractivity contribution is 7.80. The monoisotopic (exact) mass is 404 g/mol. The number of hydrogen-bond donors (Lipinski definition) is 2. The van der Waals surface area contributed by atoms with Crippen LogP contribution in [-0.2, 0) is 9.47 Å². The number of urea groups is 1. The van der Waals surface area contributed by atoms with Crippen LogP contribution in [0.25, 0.3) is 0 Å². The van der Waals surface area contributed by atoms with Gasteiger partial charge in [-0.1, -0.05) is 34.8 Å². The quantitative estimate of drug-likeness (QED) is 0.405. The molecule has 0 aliphatic carbocycles. The second-order valence-electron chi connectivity index (χ2n) is 5.07. The van der Waals surface area contributed by atoms with Crippen LogP contribution in [0.3, 0.4) is 0 Å². The summed E-state index contributed by atoms with van der Waals surface area (Å²) >= 11 is 23.2. The maximum atomic E-state index is 12.3. The van der Waals surface area contributed by atoms with E-state index in [-0.39, 0.29) is 6.03 Å². The molecule has 2 N–H and O–H groups in total. The summed E-state index contributed by atoms with van der Waals surface area (Å²) < 4.78 is 8.73. The van der Waals surface area contributed by atoms with E-state index < -0.39 is 9.96 Å². The Morgan fingerprint density at radius 2 is 1.43 bits per heavy atom. The Kier molecular flexibility index (Phi) is 7.24. The van der Waals surface area contributed by atoms with E-state index in [1.807, 2.05) is 4.90 Å². The highest BCUT2D eigenvalue weighted by Gasteiger charge is 2.36. The van der Waals surface area contributed by atoms with Gasteiger partial charge in [-0.25, -0.2) is 4.79 Å². The van der Waals surface area contributed by atoms with Gasteiger partial charge >= 0.3 is 6.03 Å². The summed E-state index contributed by atoms with van der Waals surface area (Å²) in [5.41, 5.74) is 0. The molecule has 0 unspecified atom stereocenters. The van der Waals surface area contributed by atoms with Gasteiger partial charge in [-0.2, -0.15) is 0 Å². The van der Waals surface area contributed by atoms with Crippen LogP contribution in [0.5, 0.6) is 0 Å². The molecule has 2 fully saturated rings. The molecule has 2 aliphatic rings. The van der Waals surface area contributed by atoms with E-state index in [4.69, 9.17) is 56.5 Å². The fourth-order valence-corrected chi connectivity index (χ4v) is 2.79. The molecule has 23 heavy (non-hydrogen) atoms. The highest BCUT2D eigenvalue weighted by Crippen LogP contribution is 2.29. The zero-order valence-electron chi connectivity index (χ0n) is 12.4. The summed E-state index contributed by atoms with van der Waals surface area (Å²) in [7, 11) is 0. The maximum Gasteiger partial charge on any atom is 0.319 e. The van der Waals surface area contributed by atoms with Crippen LogP contribution in [0.1, 0.15) is 0 Å². The van der Waals surface area contributed by atoms with Crippen LogP contribution in [0.2, 0.25) is 0 Å². The lowest BCUT2D eigenvalue weighted by Crippen LogP contribution is -2.61. The summed E-state index contributed by atoms with van der Waals surface area (Å²) in [4.78, 5) is 15.8. The number of carbonyl (C=O) groups is 1. The SMILES string of the molecule is O=C(N[C@@H](NC(=S)N1CCOCC1)C(Cl)(Cl)Cl)N1CCOCC1. The number of ether oxygens (including phenoxy) is 2. The van der Waals surface area contributed by atoms with Crippen LogP contribution in [0.15, 0.2) is 0 Å². The van der Waals surface area contributed by atoms with Gasteiger partial charge in [-0.3, -0.25) is 0 Å². The zero-order valence-corrected chi connectivity index (χ0v) is 15.5. The van der Waals surface area contributed by atoms with Crippen LogP contribution >= 0.6 is 47.0 Å². The van der Waals surface area contributed by atoms with Crippen molar-refractivity contribution in [2.45, 2.75) is 9.96 Å². The molecule has 0 aromatic heterocycles. The number of morpholine rings is 2. The number of amides is 2. The molecule has 2 aliphatic heterocycles. The summed E-state index contributed by atoms with van der Waals surface area (Å²) in [5, 5.41) is 6.00. The fraction of sp³-hybridized carbons (Fsp3) is 0.833. The molecule has 1 atom stereocenters. The topological polar surface area (TPSA) is 66.1 Å². The fourth-order valence-electron chi connectivity index (χ4n) is 2.16. The number of nitrogens with zero attached hydrogens (tertiary/aromatic N) is 2. The molecule has 0 saturated carbocycles. The second kappa shape index (κ2) is 8.73. The Labute approximate surface area is 155 Å². The predicted molar refractivity (Wildman–Crippen MR) is 93.1 cm³/mol. The number of thiocarbonyl (C=S) groups is 1. The van der Waals surface area contributed by atoms with Crippen molar-refractivity contribution in [2.24, 2.45) is 0 Å². The molecule has 2 saturated heterocycles. The van der Waals surface area contributed by atoms with Crippen molar-refractivity contribution in [1.29, 1.82) is 0 Å². The minimum absolute atomic E-state index is 0.332. The lowest BCUT2D eigenvalue weighted by Gasteiger charge is -2.35. The molecule has 0 aromatic rings. The molecule has 2 heterocycles. The molecule has 0 spiro atoms. The van der Waals surface area contributed by atoms with Crippen LogP contribution in [-0.4, -0.2) is 83.5 Å². The van der Waals surface area contributed by atoms with Crippen molar-refractivity contribution in [1.82, 2.24) is 20.4 Å². The molecule has 11 heteroatoms. The zero-order chi connectivity index (χ0) is 16.9. The second-order valence-corrected chi connectivity index (χ2v) is 7.83. The summed E-state index contributed by atoms with van der Waals surface area (Å²) in [6.07, 6.45) is -0.946. The Morgan fingerprint density at radius 3 is 1.91 bits per heavy atom. The Morgan fingerprint density at radius 1 is 0.957 bits per heavy atom. The predicted octanol–water partition coefficient (Wildman–Crippen LogP) is 0.931. The van der Waals surface area contributed by atoms with Crippen LogP contribution < -0.4 is 10.6 Å². The molecule has 2 amide bonds. The van der Waals surface area contributed by atoms with Crippen molar-refractivity contribution in [3.05, 3.63) is 0 Å². The molecular formula is C12H19Cl3N4O3S. The number of halogens is 3. The van der Waals surface area contributed by atoms with Gasteiger partial charge in [0.15, 0.2) is 11.3 Å². The maximum absolute atomic E-state index is 12.3. The van der Waals surface area contributed by atoms with E-state index >= 15 is 0 Å². The molecule has 7 nitrogen and oxygen atoms in total. The first-order valence-electron chi connectivity index (χ1n) is 7.21. The lowest BCUT2D eigenvalue weighted by atomic mass is 10.4. The van der Waals surface area contributed by atoms with E-state index in [0.717, 1.165) is 0 Å². The van der Waals surface area contributed by atoms with Gasteiger partial charge in [0, 0.05) is 26.2 Å². The number of alkyl halides is 3. The van der Waals surface area contributed by atoms with Crippen LogP contribution in [0, 0.1) is 0 Å². The van der Waals surface area contributed by atoms with Gasteiger partial charge in [-0.15, -0.1) is 0 Å². The van der Waals surface area contributed by atoms with E-state index in [0.29, 0.717) is 57.7 Å². The first-order chi connectivity index (χ1) is 10.9. The normalized spacial score (nSPS) is 20.8. The molecule has 0 bridgehead atoms. The van der Waals surface area contributed by atoms with Crippen molar-refractivity contribution in [3.8, 4) is 0 Å². The number of nitrogens with one attached hydrogen (secondary N) is 2. The molecule has 132 valence electrons. The van der Waals surface area contributed by atoms with Crippen LogP contribution in [0.4, 0.5) is 4.79 Å². The molecule has 0 radical (unpaired) electrons. The van der Waals surface area contributed by atoms with E-state index in [9.17, 15) is 4.79 Å². The third-order valence-corrected chi connectivity index (χ3v) is 4.49. The van der Waals surface area contributed by atoms with Crippen molar-refractivity contribution in [3.63, 3.8) is 0 Å². The highest BCUT2D eigenvalue weighted by atomic mass is 35.6. The van der Waals surface area contributed by atoms with E-state index in [1.54, 1.807) is 4.90 Å². The first-order valence-corrected chi connectivity index (χ1v) is 8.75. The van der Waals surface area contributed by atoms with Gasteiger partial charge in [0.25, 0.3) is 0 Å². The Bertz CT molecular complexity index is 394. The third-order valence-electron chi connectivity index (χ3n) is 3.46. The average Bonchev–Trinajstić information content (AvgIpc) is 2.54. The van der Waals surface area contributed by atoms with E-state index in [2.05, 4.69) is 10.6 Å². The average molecular weight is 406 g/mol. The lowest BCUT2D eigenvalue weighted by molar-refractivity contribution is 0.0522. The Hall–Kier alpha value is -0.250. The third kappa shape index (κ3) is 5.95. The first kappa shape index (κ1) is 19.1. The minimum Gasteiger partial charge on any atom is -0.378 e. The smallest absolute Gasteiger partial charge is 0.319 e. The Balaban J connectivity index is 1.93. The van der Waals surface area contributed by atoms with Crippen molar-refractivity contribution < 1.29 is 14.3 Å². The van der Waals surface area contributed by atoms with Gasteiger partial charge in [0.2, 0.25) is 3.79 Å².